The number of anilines is 1. The minimum Gasteiger partial charge on any atom is -0.493 e. The van der Waals surface area contributed by atoms with Crippen LogP contribution in [0.3, 0.4) is 0 Å². The lowest BCUT2D eigenvalue weighted by Gasteiger charge is -2.19. The fourth-order valence-electron chi connectivity index (χ4n) is 3.60. The van der Waals surface area contributed by atoms with E-state index in [1.807, 2.05) is 12.1 Å². The minimum atomic E-state index is -3.80. The van der Waals surface area contributed by atoms with Crippen LogP contribution in [-0.4, -0.2) is 52.0 Å². The summed E-state index contributed by atoms with van der Waals surface area (Å²) in [6.07, 6.45) is 2.75. The summed E-state index contributed by atoms with van der Waals surface area (Å²) in [6, 6.07) is 12.9. The zero-order valence-electron chi connectivity index (χ0n) is 20.0. The van der Waals surface area contributed by atoms with Gasteiger partial charge in [-0.3, -0.25) is 14.6 Å². The number of rotatable bonds is 12. The van der Waals surface area contributed by atoms with Crippen molar-refractivity contribution in [2.45, 2.75) is 25.3 Å². The van der Waals surface area contributed by atoms with Crippen LogP contribution in [0.4, 0.5) is 5.69 Å². The Kier molecular flexibility index (Phi) is 9.17. The predicted octanol–water partition coefficient (Wildman–Crippen LogP) is 1.95. The Labute approximate surface area is 209 Å². The number of nitrogens with one attached hydrogen (secondary N) is 3. The predicted molar refractivity (Wildman–Crippen MR) is 136 cm³/mol. The Bertz CT molecular complexity index is 1330. The van der Waals surface area contributed by atoms with Crippen LogP contribution < -0.4 is 30.0 Å². The number of aromatic nitrogens is 1. The summed E-state index contributed by atoms with van der Waals surface area (Å²) in [6.45, 7) is 0.115. The summed E-state index contributed by atoms with van der Waals surface area (Å²) in [5.41, 5.74) is 1.42. The quantitative estimate of drug-likeness (QED) is 0.268. The van der Waals surface area contributed by atoms with Crippen molar-refractivity contribution in [1.82, 2.24) is 15.0 Å². The second-order valence-corrected chi connectivity index (χ2v) is 9.28. The Morgan fingerprint density at radius 1 is 1.03 bits per heavy atom. The fourth-order valence-corrected chi connectivity index (χ4v) is 4.03. The molecule has 0 bridgehead atoms. The molecule has 1 aromatic heterocycles. The second-order valence-electron chi connectivity index (χ2n) is 7.90. The van der Waals surface area contributed by atoms with E-state index < -0.39 is 28.1 Å². The summed E-state index contributed by atoms with van der Waals surface area (Å²) in [5.74, 6) is -0.0626. The number of fused-ring (bicyclic) bond motifs is 1. The monoisotopic (exact) mass is 515 g/mol. The third-order valence-electron chi connectivity index (χ3n) is 5.38. The average Bonchev–Trinajstić information content (AvgIpc) is 2.86. The van der Waals surface area contributed by atoms with Crippen molar-refractivity contribution >= 4 is 38.6 Å². The van der Waals surface area contributed by atoms with E-state index in [0.717, 1.165) is 5.39 Å². The van der Waals surface area contributed by atoms with Crippen LogP contribution in [0.2, 0.25) is 0 Å². The van der Waals surface area contributed by atoms with E-state index in [0.29, 0.717) is 35.5 Å². The SMILES string of the molecule is COc1ccc(C(=O)N[C@@H](CCCCNS(N)(=O)=O)C(=O)Nc2cccc3cccnc23)cc1OC. The van der Waals surface area contributed by atoms with Crippen molar-refractivity contribution in [2.24, 2.45) is 5.14 Å². The highest BCUT2D eigenvalue weighted by Gasteiger charge is 2.23. The third-order valence-corrected chi connectivity index (χ3v) is 5.99. The van der Waals surface area contributed by atoms with Crippen LogP contribution in [0.1, 0.15) is 29.6 Å². The number of benzene rings is 2. The number of nitrogens with zero attached hydrogens (tertiary/aromatic N) is 1. The van der Waals surface area contributed by atoms with Crippen molar-refractivity contribution in [3.63, 3.8) is 0 Å². The molecule has 12 heteroatoms. The first-order valence-electron chi connectivity index (χ1n) is 11.2. The van der Waals surface area contributed by atoms with Gasteiger partial charge in [0, 0.05) is 23.7 Å². The van der Waals surface area contributed by atoms with Gasteiger partial charge in [0.15, 0.2) is 11.5 Å². The van der Waals surface area contributed by atoms with E-state index in [1.54, 1.807) is 36.5 Å². The molecule has 0 saturated heterocycles. The average molecular weight is 516 g/mol. The van der Waals surface area contributed by atoms with Gasteiger partial charge in [-0.25, -0.2) is 9.86 Å². The fraction of sp³-hybridized carbons (Fsp3) is 0.292. The van der Waals surface area contributed by atoms with E-state index >= 15 is 0 Å². The highest BCUT2D eigenvalue weighted by molar-refractivity contribution is 7.87. The van der Waals surface area contributed by atoms with Crippen molar-refractivity contribution in [3.8, 4) is 11.5 Å². The number of hydrogen-bond donors (Lipinski definition) is 4. The van der Waals surface area contributed by atoms with E-state index in [-0.39, 0.29) is 18.5 Å². The lowest BCUT2D eigenvalue weighted by molar-refractivity contribution is -0.118. The summed E-state index contributed by atoms with van der Waals surface area (Å²) >= 11 is 0. The van der Waals surface area contributed by atoms with E-state index in [4.69, 9.17) is 14.6 Å². The van der Waals surface area contributed by atoms with Crippen LogP contribution in [0, 0.1) is 0 Å². The summed E-state index contributed by atoms with van der Waals surface area (Å²) in [7, 11) is -0.845. The van der Waals surface area contributed by atoms with Gasteiger partial charge in [-0.2, -0.15) is 8.42 Å². The minimum absolute atomic E-state index is 0.115. The molecule has 36 heavy (non-hydrogen) atoms. The van der Waals surface area contributed by atoms with Crippen molar-refractivity contribution in [2.75, 3.05) is 26.1 Å². The number of carbonyl (C=O) groups is 2. The molecule has 0 aliphatic carbocycles. The normalized spacial score (nSPS) is 12.1. The van der Waals surface area contributed by atoms with Crippen LogP contribution in [-0.2, 0) is 15.0 Å². The van der Waals surface area contributed by atoms with Gasteiger partial charge < -0.3 is 20.1 Å². The smallest absolute Gasteiger partial charge is 0.274 e. The maximum atomic E-state index is 13.2. The summed E-state index contributed by atoms with van der Waals surface area (Å²) in [5, 5.41) is 11.4. The van der Waals surface area contributed by atoms with E-state index in [1.165, 1.54) is 20.3 Å². The molecule has 1 heterocycles. The Morgan fingerprint density at radius 2 is 1.78 bits per heavy atom. The molecule has 0 spiro atoms. The van der Waals surface area contributed by atoms with Crippen LogP contribution in [0.15, 0.2) is 54.7 Å². The van der Waals surface area contributed by atoms with Crippen molar-refractivity contribution in [3.05, 3.63) is 60.3 Å². The van der Waals surface area contributed by atoms with Gasteiger partial charge in [0.25, 0.3) is 16.1 Å². The van der Waals surface area contributed by atoms with Gasteiger partial charge in [0.2, 0.25) is 5.91 Å². The van der Waals surface area contributed by atoms with Gasteiger partial charge in [-0.05, 0) is 49.6 Å². The molecular weight excluding hydrogens is 486 g/mol. The number of para-hydroxylation sites is 1. The van der Waals surface area contributed by atoms with Gasteiger partial charge in [-0.1, -0.05) is 18.2 Å². The zero-order chi connectivity index (χ0) is 26.1. The second kappa shape index (κ2) is 12.3. The molecule has 1 atom stereocenters. The van der Waals surface area contributed by atoms with Gasteiger partial charge >= 0.3 is 0 Å². The van der Waals surface area contributed by atoms with Gasteiger partial charge in [0.05, 0.1) is 25.4 Å². The molecule has 0 fully saturated rings. The molecule has 11 nitrogen and oxygen atoms in total. The largest absolute Gasteiger partial charge is 0.493 e. The Balaban J connectivity index is 1.76. The molecule has 5 N–H and O–H groups in total. The van der Waals surface area contributed by atoms with Gasteiger partial charge in [-0.15, -0.1) is 0 Å². The first-order valence-corrected chi connectivity index (χ1v) is 12.7. The molecule has 0 aliphatic heterocycles. The maximum absolute atomic E-state index is 13.2. The number of unbranched alkanes of at least 4 members (excludes halogenated alkanes) is 1. The number of amides is 2. The number of methoxy groups -OCH3 is 2. The molecule has 0 aliphatic rings. The molecule has 0 radical (unpaired) electrons. The van der Waals surface area contributed by atoms with Crippen molar-refractivity contribution in [1.29, 1.82) is 0 Å². The van der Waals surface area contributed by atoms with Crippen LogP contribution >= 0.6 is 0 Å². The van der Waals surface area contributed by atoms with E-state index in [9.17, 15) is 18.0 Å². The number of hydrogen-bond acceptors (Lipinski definition) is 7. The summed E-state index contributed by atoms with van der Waals surface area (Å²) in [4.78, 5) is 30.6. The third kappa shape index (κ3) is 7.38. The first kappa shape index (κ1) is 26.9. The highest BCUT2D eigenvalue weighted by atomic mass is 32.2. The molecule has 3 rings (SSSR count). The van der Waals surface area contributed by atoms with Crippen molar-refractivity contribution < 1.29 is 27.5 Å². The van der Waals surface area contributed by atoms with E-state index in [2.05, 4.69) is 20.3 Å². The Hall–Kier alpha value is -3.74. The first-order chi connectivity index (χ1) is 17.2. The topological polar surface area (TPSA) is 162 Å². The maximum Gasteiger partial charge on any atom is 0.274 e. The van der Waals surface area contributed by atoms with Crippen LogP contribution in [0.25, 0.3) is 10.9 Å². The number of ether oxygens (including phenoxy) is 2. The molecule has 3 aromatic rings. The molecular formula is C24H29N5O6S. The molecule has 192 valence electrons. The van der Waals surface area contributed by atoms with Crippen LogP contribution in [0.5, 0.6) is 11.5 Å². The number of pyridine rings is 1. The number of nitrogens with two attached hydrogens (primary N) is 1. The lowest BCUT2D eigenvalue weighted by Crippen LogP contribution is -2.44. The van der Waals surface area contributed by atoms with Gasteiger partial charge in [0.1, 0.15) is 6.04 Å². The standard InChI is InChI=1S/C24H29N5O6S/c1-34-20-12-11-17(15-21(20)35-2)23(30)29-19(9-3-4-14-27-36(25,32)33)24(31)28-18-10-5-7-16-8-6-13-26-22(16)18/h5-8,10-13,15,19,27H,3-4,9,14H2,1-2H3,(H,28,31)(H,29,30)(H2,25,32,33)/t19-/m0/s1. The molecule has 2 amide bonds. The zero-order valence-corrected chi connectivity index (χ0v) is 20.8. The molecule has 2 aromatic carbocycles. The molecule has 0 saturated carbocycles. The summed E-state index contributed by atoms with van der Waals surface area (Å²) < 4.78 is 34.8. The molecule has 0 unspecified atom stereocenters. The highest BCUT2D eigenvalue weighted by Crippen LogP contribution is 2.27. The number of carbonyl (C=O) groups excluding carboxylic acids is 2. The lowest BCUT2D eigenvalue weighted by atomic mass is 10.1. The Morgan fingerprint density at radius 3 is 2.50 bits per heavy atom.